The van der Waals surface area contributed by atoms with Crippen molar-refractivity contribution in [1.82, 2.24) is 9.55 Å². The van der Waals surface area contributed by atoms with E-state index in [-0.39, 0.29) is 12.3 Å². The van der Waals surface area contributed by atoms with Gasteiger partial charge in [-0.1, -0.05) is 45.4 Å². The molecule has 3 N–H and O–H groups in total. The third-order valence-electron chi connectivity index (χ3n) is 3.72. The van der Waals surface area contributed by atoms with Gasteiger partial charge >= 0.3 is 5.97 Å². The fraction of sp³-hybridized carbons (Fsp3) is 0.688. The van der Waals surface area contributed by atoms with Gasteiger partial charge in [-0.25, -0.2) is 4.98 Å². The van der Waals surface area contributed by atoms with Crippen LogP contribution < -0.4 is 5.73 Å². The summed E-state index contributed by atoms with van der Waals surface area (Å²) in [5, 5.41) is 8.83. The maximum absolute atomic E-state index is 12.1. The summed E-state index contributed by atoms with van der Waals surface area (Å²) in [4.78, 5) is 26.9. The van der Waals surface area contributed by atoms with Crippen LogP contribution in [0.1, 0.15) is 68.8 Å². The molecular weight excluding hydrogens is 282 g/mol. The molecule has 1 aromatic heterocycles. The lowest BCUT2D eigenvalue weighted by atomic mass is 10.1. The van der Waals surface area contributed by atoms with Crippen LogP contribution in [0.4, 0.5) is 0 Å². The first-order valence-corrected chi connectivity index (χ1v) is 8.09. The molecule has 124 valence electrons. The molecule has 1 atom stereocenters. The normalized spacial score (nSPS) is 12.3. The smallest absolute Gasteiger partial charge is 0.320 e. The minimum Gasteiger partial charge on any atom is -0.480 e. The number of aromatic nitrogens is 2. The van der Waals surface area contributed by atoms with Crippen LogP contribution in [0.5, 0.6) is 0 Å². The third-order valence-corrected chi connectivity index (χ3v) is 3.72. The highest BCUT2D eigenvalue weighted by Crippen LogP contribution is 2.10. The van der Waals surface area contributed by atoms with Gasteiger partial charge in [0.1, 0.15) is 12.4 Å². The summed E-state index contributed by atoms with van der Waals surface area (Å²) < 4.78 is 1.43. The van der Waals surface area contributed by atoms with Gasteiger partial charge in [0, 0.05) is 24.7 Å². The summed E-state index contributed by atoms with van der Waals surface area (Å²) in [6.07, 6.45) is 11.6. The fourth-order valence-corrected chi connectivity index (χ4v) is 2.36. The Hall–Kier alpha value is -1.69. The number of imidazole rings is 1. The van der Waals surface area contributed by atoms with Gasteiger partial charge in [0.15, 0.2) is 0 Å². The molecule has 1 unspecified atom stereocenters. The lowest BCUT2D eigenvalue weighted by Gasteiger charge is -2.09. The average molecular weight is 309 g/mol. The number of nitrogens with zero attached hydrogens (tertiary/aromatic N) is 2. The molecule has 0 aliphatic rings. The fourth-order valence-electron chi connectivity index (χ4n) is 2.36. The quantitative estimate of drug-likeness (QED) is 0.612. The van der Waals surface area contributed by atoms with Gasteiger partial charge in [0.25, 0.3) is 0 Å². The lowest BCUT2D eigenvalue weighted by Crippen LogP contribution is -2.33. The Morgan fingerprint density at radius 2 is 1.86 bits per heavy atom. The van der Waals surface area contributed by atoms with Crippen LogP contribution in [-0.4, -0.2) is 32.6 Å². The maximum Gasteiger partial charge on any atom is 0.320 e. The number of rotatable bonds is 11. The molecule has 1 aromatic rings. The number of aliphatic carboxylic acids is 1. The van der Waals surface area contributed by atoms with E-state index in [0.29, 0.717) is 12.1 Å². The minimum absolute atomic E-state index is 0.0429. The zero-order valence-electron chi connectivity index (χ0n) is 13.3. The summed E-state index contributed by atoms with van der Waals surface area (Å²) in [6.45, 7) is 2.19. The number of carbonyl (C=O) groups excluding carboxylic acids is 1. The van der Waals surface area contributed by atoms with Crippen LogP contribution in [0.25, 0.3) is 0 Å². The standard InChI is InChI=1S/C16H27N3O3/c1-2-3-4-5-6-7-8-9-15(20)19-12-18-11-13(19)10-14(17)16(21)22/h11-12,14H,2-10,17H2,1H3,(H,21,22). The van der Waals surface area contributed by atoms with E-state index in [1.54, 1.807) is 0 Å². The molecule has 0 aliphatic heterocycles. The topological polar surface area (TPSA) is 98.2 Å². The van der Waals surface area contributed by atoms with E-state index in [1.165, 1.54) is 42.8 Å². The van der Waals surface area contributed by atoms with Gasteiger partial charge < -0.3 is 10.8 Å². The van der Waals surface area contributed by atoms with Crippen molar-refractivity contribution in [1.29, 1.82) is 0 Å². The van der Waals surface area contributed by atoms with E-state index in [4.69, 9.17) is 10.8 Å². The number of unbranched alkanes of at least 4 members (excludes halogenated alkanes) is 6. The number of carboxylic acid groups (broad SMARTS) is 1. The zero-order valence-corrected chi connectivity index (χ0v) is 13.3. The summed E-state index contributed by atoms with van der Waals surface area (Å²) in [7, 11) is 0. The maximum atomic E-state index is 12.1. The van der Waals surface area contributed by atoms with Crippen molar-refractivity contribution in [2.24, 2.45) is 5.73 Å². The zero-order chi connectivity index (χ0) is 16.4. The van der Waals surface area contributed by atoms with E-state index in [0.717, 1.165) is 19.3 Å². The molecule has 0 saturated carbocycles. The van der Waals surface area contributed by atoms with Crippen molar-refractivity contribution in [3.05, 3.63) is 18.2 Å². The van der Waals surface area contributed by atoms with Crippen LogP contribution >= 0.6 is 0 Å². The molecule has 0 radical (unpaired) electrons. The van der Waals surface area contributed by atoms with E-state index in [1.807, 2.05) is 0 Å². The number of hydrogen-bond donors (Lipinski definition) is 2. The summed E-state index contributed by atoms with van der Waals surface area (Å²) in [5.41, 5.74) is 6.06. The Bertz CT molecular complexity index is 471. The Morgan fingerprint density at radius 1 is 1.23 bits per heavy atom. The van der Waals surface area contributed by atoms with Crippen molar-refractivity contribution in [3.63, 3.8) is 0 Å². The molecular formula is C16H27N3O3. The molecule has 22 heavy (non-hydrogen) atoms. The number of carboxylic acids is 1. The van der Waals surface area contributed by atoms with E-state index < -0.39 is 12.0 Å². The highest BCUT2D eigenvalue weighted by Gasteiger charge is 2.17. The van der Waals surface area contributed by atoms with Crippen LogP contribution in [-0.2, 0) is 11.2 Å². The Morgan fingerprint density at radius 3 is 2.50 bits per heavy atom. The van der Waals surface area contributed by atoms with Crippen molar-refractivity contribution in [3.8, 4) is 0 Å². The third kappa shape index (κ3) is 6.39. The molecule has 0 fully saturated rings. The van der Waals surface area contributed by atoms with E-state index in [2.05, 4.69) is 11.9 Å². The molecule has 1 heterocycles. The number of carbonyl (C=O) groups is 2. The molecule has 0 spiro atoms. The predicted octanol–water partition coefficient (Wildman–Crippen LogP) is 2.62. The van der Waals surface area contributed by atoms with Gasteiger partial charge in [-0.15, -0.1) is 0 Å². The second-order valence-electron chi connectivity index (χ2n) is 5.67. The molecule has 0 amide bonds. The van der Waals surface area contributed by atoms with E-state index in [9.17, 15) is 9.59 Å². The van der Waals surface area contributed by atoms with Crippen LogP contribution in [0.2, 0.25) is 0 Å². The Balaban J connectivity index is 2.34. The van der Waals surface area contributed by atoms with E-state index >= 15 is 0 Å². The van der Waals surface area contributed by atoms with Crippen molar-refractivity contribution < 1.29 is 14.7 Å². The molecule has 0 bridgehead atoms. The number of hydrogen-bond acceptors (Lipinski definition) is 4. The van der Waals surface area contributed by atoms with Crippen molar-refractivity contribution >= 4 is 11.9 Å². The summed E-state index contributed by atoms with van der Waals surface area (Å²) in [6, 6.07) is -1.01. The first-order valence-electron chi connectivity index (χ1n) is 8.09. The molecule has 0 aliphatic carbocycles. The second kappa shape index (κ2) is 10.1. The minimum atomic E-state index is -1.08. The monoisotopic (exact) mass is 309 g/mol. The van der Waals surface area contributed by atoms with Gasteiger partial charge in [0.2, 0.25) is 5.91 Å². The second-order valence-corrected chi connectivity index (χ2v) is 5.67. The first kappa shape index (κ1) is 18.4. The Labute approximate surface area is 131 Å². The van der Waals surface area contributed by atoms with Gasteiger partial charge in [0.05, 0.1) is 0 Å². The largest absolute Gasteiger partial charge is 0.480 e. The van der Waals surface area contributed by atoms with Crippen LogP contribution in [0, 0.1) is 0 Å². The molecule has 6 heteroatoms. The molecule has 1 rings (SSSR count). The van der Waals surface area contributed by atoms with Gasteiger partial charge in [-0.2, -0.15) is 0 Å². The lowest BCUT2D eigenvalue weighted by molar-refractivity contribution is -0.138. The van der Waals surface area contributed by atoms with Crippen LogP contribution in [0.3, 0.4) is 0 Å². The summed E-state index contributed by atoms with van der Waals surface area (Å²) in [5.74, 6) is -1.12. The summed E-state index contributed by atoms with van der Waals surface area (Å²) >= 11 is 0. The highest BCUT2D eigenvalue weighted by molar-refractivity contribution is 5.80. The van der Waals surface area contributed by atoms with Gasteiger partial charge in [-0.3, -0.25) is 14.2 Å². The molecule has 0 aromatic carbocycles. The van der Waals surface area contributed by atoms with Crippen molar-refractivity contribution in [2.75, 3.05) is 0 Å². The average Bonchev–Trinajstić information content (AvgIpc) is 2.94. The van der Waals surface area contributed by atoms with Crippen molar-refractivity contribution in [2.45, 2.75) is 70.8 Å². The molecule has 6 nitrogen and oxygen atoms in total. The number of nitrogens with two attached hydrogens (primary N) is 1. The first-order chi connectivity index (χ1) is 10.6. The SMILES string of the molecule is CCCCCCCCCC(=O)n1cncc1CC(N)C(=O)O. The van der Waals surface area contributed by atoms with Gasteiger partial charge in [-0.05, 0) is 6.42 Å². The van der Waals surface area contributed by atoms with Crippen LogP contribution in [0.15, 0.2) is 12.5 Å². The highest BCUT2D eigenvalue weighted by atomic mass is 16.4. The molecule has 0 saturated heterocycles. The Kier molecular flexibility index (Phi) is 8.43. The predicted molar refractivity (Wildman–Crippen MR) is 84.8 cm³/mol.